The van der Waals surface area contributed by atoms with E-state index in [1.165, 1.54) is 24.3 Å². The van der Waals surface area contributed by atoms with Crippen LogP contribution in [0.3, 0.4) is 0 Å². The van der Waals surface area contributed by atoms with Crippen LogP contribution in [0.25, 0.3) is 0 Å². The fourth-order valence-corrected chi connectivity index (χ4v) is 3.08. The molecule has 1 saturated carbocycles. The number of hydrogen-bond acceptors (Lipinski definition) is 5. The fraction of sp³-hybridized carbons (Fsp3) is 0.500. The third-order valence-electron chi connectivity index (χ3n) is 3.15. The van der Waals surface area contributed by atoms with Crippen LogP contribution in [0.5, 0.6) is 0 Å². The van der Waals surface area contributed by atoms with Crippen LogP contribution in [0, 0.1) is 10.1 Å². The monoisotopic (exact) mass is 300 g/mol. The molecule has 0 radical (unpaired) electrons. The van der Waals surface area contributed by atoms with Crippen molar-refractivity contribution in [3.05, 3.63) is 39.9 Å². The zero-order valence-corrected chi connectivity index (χ0v) is 11.6. The predicted molar refractivity (Wildman–Crippen MR) is 72.2 cm³/mol. The van der Waals surface area contributed by atoms with Gasteiger partial charge in [-0.2, -0.15) is 0 Å². The minimum absolute atomic E-state index is 0.0540. The van der Waals surface area contributed by atoms with Gasteiger partial charge in [0.2, 0.25) is 10.0 Å². The molecular formula is C12H16N2O5S. The lowest BCUT2D eigenvalue weighted by atomic mass is 10.2. The maximum Gasteiger partial charge on any atom is 0.269 e. The Morgan fingerprint density at radius 3 is 2.40 bits per heavy atom. The summed E-state index contributed by atoms with van der Waals surface area (Å²) in [5, 5.41) is 10.5. The van der Waals surface area contributed by atoms with Gasteiger partial charge < -0.3 is 0 Å². The van der Waals surface area contributed by atoms with Crippen LogP contribution in [0.1, 0.15) is 31.2 Å². The van der Waals surface area contributed by atoms with Crippen molar-refractivity contribution in [3.63, 3.8) is 0 Å². The van der Waals surface area contributed by atoms with E-state index < -0.39 is 14.9 Å². The maximum absolute atomic E-state index is 11.8. The first-order valence-electron chi connectivity index (χ1n) is 6.35. The average Bonchev–Trinajstić information content (AvgIpc) is 2.90. The summed E-state index contributed by atoms with van der Waals surface area (Å²) in [6.07, 6.45) is 3.77. The van der Waals surface area contributed by atoms with Crippen LogP contribution < -0.4 is 4.89 Å². The Hall–Kier alpha value is -1.51. The molecule has 0 aromatic heterocycles. The Morgan fingerprint density at radius 2 is 1.85 bits per heavy atom. The van der Waals surface area contributed by atoms with Gasteiger partial charge in [0.05, 0.1) is 16.8 Å². The normalized spacial score (nSPS) is 16.4. The summed E-state index contributed by atoms with van der Waals surface area (Å²) >= 11 is 0. The molecule has 0 heterocycles. The molecule has 1 aromatic rings. The summed E-state index contributed by atoms with van der Waals surface area (Å²) in [5.41, 5.74) is 0.402. The van der Waals surface area contributed by atoms with E-state index in [-0.39, 0.29) is 17.5 Å². The Bertz CT molecular complexity index is 564. The van der Waals surface area contributed by atoms with Crippen molar-refractivity contribution in [1.82, 2.24) is 4.89 Å². The molecule has 2 rings (SSSR count). The third-order valence-corrected chi connectivity index (χ3v) is 4.21. The smallest absolute Gasteiger partial charge is 0.269 e. The molecular weight excluding hydrogens is 284 g/mol. The van der Waals surface area contributed by atoms with Gasteiger partial charge in [0.1, 0.15) is 0 Å². The van der Waals surface area contributed by atoms with Gasteiger partial charge in [-0.05, 0) is 18.4 Å². The Kier molecular flexibility index (Phi) is 4.69. The SMILES string of the molecule is O=[N+]([O-])c1ccc(CS(=O)(=O)NOC2CCCC2)cc1. The average molecular weight is 300 g/mol. The second-order valence-corrected chi connectivity index (χ2v) is 6.48. The highest BCUT2D eigenvalue weighted by molar-refractivity contribution is 7.88. The van der Waals surface area contributed by atoms with Crippen molar-refractivity contribution < 1.29 is 18.2 Å². The Labute approximate surface area is 117 Å². The van der Waals surface area contributed by atoms with Crippen LogP contribution >= 0.6 is 0 Å². The molecule has 0 amide bonds. The van der Waals surface area contributed by atoms with E-state index >= 15 is 0 Å². The number of hydrogen-bond donors (Lipinski definition) is 1. The van der Waals surface area contributed by atoms with E-state index in [1.54, 1.807) is 0 Å². The predicted octanol–water partition coefficient (Wildman–Crippen LogP) is 1.89. The molecule has 8 heteroatoms. The van der Waals surface area contributed by atoms with E-state index in [2.05, 4.69) is 4.89 Å². The highest BCUT2D eigenvalue weighted by Crippen LogP contribution is 2.20. The van der Waals surface area contributed by atoms with E-state index in [4.69, 9.17) is 4.84 Å². The summed E-state index contributed by atoms with van der Waals surface area (Å²) in [6, 6.07) is 5.41. The molecule has 7 nitrogen and oxygen atoms in total. The summed E-state index contributed by atoms with van der Waals surface area (Å²) in [5.74, 6) is -0.266. The second kappa shape index (κ2) is 6.29. The number of nitro groups is 1. The topological polar surface area (TPSA) is 98.5 Å². The van der Waals surface area contributed by atoms with Crippen LogP contribution in [0.4, 0.5) is 5.69 Å². The largest absolute Gasteiger partial charge is 0.284 e. The third kappa shape index (κ3) is 4.26. The maximum atomic E-state index is 11.8. The number of nitrogens with one attached hydrogen (secondary N) is 1. The lowest BCUT2D eigenvalue weighted by Crippen LogP contribution is -2.29. The van der Waals surface area contributed by atoms with Crippen LogP contribution in [-0.4, -0.2) is 19.4 Å². The quantitative estimate of drug-likeness (QED) is 0.639. The van der Waals surface area contributed by atoms with Crippen LogP contribution in [-0.2, 0) is 20.6 Å². The van der Waals surface area contributed by atoms with Crippen molar-refractivity contribution in [1.29, 1.82) is 0 Å². The lowest BCUT2D eigenvalue weighted by Gasteiger charge is -2.11. The molecule has 0 unspecified atom stereocenters. The second-order valence-electron chi connectivity index (χ2n) is 4.79. The molecule has 1 aliphatic rings. The van der Waals surface area contributed by atoms with Crippen molar-refractivity contribution in [2.24, 2.45) is 0 Å². The molecule has 0 aliphatic heterocycles. The number of nitrogens with zero attached hydrogens (tertiary/aromatic N) is 1. The molecule has 1 aromatic carbocycles. The van der Waals surface area contributed by atoms with Gasteiger partial charge in [-0.15, -0.1) is 0 Å². The summed E-state index contributed by atoms with van der Waals surface area (Å²) in [4.78, 5) is 17.3. The highest BCUT2D eigenvalue weighted by atomic mass is 32.2. The number of sulfonamides is 1. The minimum Gasteiger partial charge on any atom is -0.284 e. The fourth-order valence-electron chi connectivity index (χ4n) is 2.11. The van der Waals surface area contributed by atoms with Gasteiger partial charge in [-0.3, -0.25) is 15.0 Å². The molecule has 0 bridgehead atoms. The summed E-state index contributed by atoms with van der Waals surface area (Å²) in [6.45, 7) is 0. The van der Waals surface area contributed by atoms with E-state index in [0.29, 0.717) is 5.56 Å². The molecule has 20 heavy (non-hydrogen) atoms. The van der Waals surface area contributed by atoms with Gasteiger partial charge >= 0.3 is 0 Å². The van der Waals surface area contributed by atoms with Gasteiger partial charge in [-0.1, -0.05) is 29.9 Å². The first kappa shape index (κ1) is 14.9. The van der Waals surface area contributed by atoms with Crippen molar-refractivity contribution in [2.75, 3.05) is 0 Å². The number of benzene rings is 1. The Morgan fingerprint density at radius 1 is 1.25 bits per heavy atom. The van der Waals surface area contributed by atoms with Crippen molar-refractivity contribution >= 4 is 15.7 Å². The molecule has 0 spiro atoms. The number of nitro benzene ring substituents is 1. The van der Waals surface area contributed by atoms with E-state index in [9.17, 15) is 18.5 Å². The van der Waals surface area contributed by atoms with Gasteiger partial charge in [-0.25, -0.2) is 8.42 Å². The zero-order chi connectivity index (χ0) is 14.6. The van der Waals surface area contributed by atoms with Crippen LogP contribution in [0.2, 0.25) is 0 Å². The van der Waals surface area contributed by atoms with E-state index in [1.807, 2.05) is 0 Å². The van der Waals surface area contributed by atoms with Crippen LogP contribution in [0.15, 0.2) is 24.3 Å². The molecule has 0 saturated heterocycles. The van der Waals surface area contributed by atoms with Crippen molar-refractivity contribution in [3.8, 4) is 0 Å². The highest BCUT2D eigenvalue weighted by Gasteiger charge is 2.19. The van der Waals surface area contributed by atoms with E-state index in [0.717, 1.165) is 25.7 Å². The molecule has 1 fully saturated rings. The van der Waals surface area contributed by atoms with Gasteiger partial charge in [0.25, 0.3) is 5.69 Å². The van der Waals surface area contributed by atoms with Gasteiger partial charge in [0, 0.05) is 12.1 Å². The molecule has 0 atom stereocenters. The number of non-ortho nitro benzene ring substituents is 1. The molecule has 110 valence electrons. The molecule has 1 aliphatic carbocycles. The summed E-state index contributed by atoms with van der Waals surface area (Å²) in [7, 11) is -3.60. The minimum atomic E-state index is -3.60. The first-order chi connectivity index (χ1) is 9.46. The summed E-state index contributed by atoms with van der Waals surface area (Å²) < 4.78 is 23.6. The first-order valence-corrected chi connectivity index (χ1v) is 8.00. The standard InChI is InChI=1S/C12H16N2O5S/c15-14(16)11-7-5-10(6-8-11)9-20(17,18)13-19-12-3-1-2-4-12/h5-8,12-13H,1-4,9H2. The number of rotatable bonds is 6. The Balaban J connectivity index is 1.91. The van der Waals surface area contributed by atoms with Crippen molar-refractivity contribution in [2.45, 2.75) is 37.5 Å². The lowest BCUT2D eigenvalue weighted by molar-refractivity contribution is -0.384. The molecule has 1 N–H and O–H groups in total. The van der Waals surface area contributed by atoms with Gasteiger partial charge in [0.15, 0.2) is 0 Å². The zero-order valence-electron chi connectivity index (χ0n) is 10.8.